The van der Waals surface area contributed by atoms with Crippen molar-refractivity contribution in [3.63, 3.8) is 0 Å². The third-order valence-electron chi connectivity index (χ3n) is 4.34. The summed E-state index contributed by atoms with van der Waals surface area (Å²) in [5.74, 6) is 2.79. The van der Waals surface area contributed by atoms with Gasteiger partial charge in [0.05, 0.1) is 14.2 Å². The molecule has 130 valence electrons. The predicted octanol–water partition coefficient (Wildman–Crippen LogP) is 2.30. The van der Waals surface area contributed by atoms with E-state index in [1.807, 2.05) is 24.3 Å². The first kappa shape index (κ1) is 16.8. The number of nitriles is 1. The van der Waals surface area contributed by atoms with E-state index in [4.69, 9.17) is 14.7 Å². The van der Waals surface area contributed by atoms with Gasteiger partial charge in [-0.3, -0.25) is 0 Å². The Balaban J connectivity index is 1.59. The first-order valence-electron chi connectivity index (χ1n) is 8.17. The molecule has 1 saturated heterocycles. The van der Waals surface area contributed by atoms with Gasteiger partial charge in [0.15, 0.2) is 5.69 Å². The molecule has 1 unspecified atom stereocenters. The fourth-order valence-electron chi connectivity index (χ4n) is 2.94. The standard InChI is InChI=1S/C18H21N5O2/c1-24-16-7-15(8-17(9-16)25-2)23-6-5-13(12-23)11-20-18-4-3-14(10-19)21-22-18/h3-4,7-9,13H,5-6,11-12H2,1-2H3,(H,20,22). The number of benzene rings is 1. The molecule has 1 fully saturated rings. The molecule has 1 atom stereocenters. The van der Waals surface area contributed by atoms with Gasteiger partial charge in [0, 0.05) is 43.5 Å². The van der Waals surface area contributed by atoms with Gasteiger partial charge in [0.1, 0.15) is 23.4 Å². The zero-order valence-electron chi connectivity index (χ0n) is 14.4. The van der Waals surface area contributed by atoms with Gasteiger partial charge >= 0.3 is 0 Å². The Morgan fingerprint density at radius 3 is 2.56 bits per heavy atom. The Labute approximate surface area is 147 Å². The second-order valence-corrected chi connectivity index (χ2v) is 5.97. The van der Waals surface area contributed by atoms with E-state index in [1.165, 1.54) is 0 Å². The Hall–Kier alpha value is -3.01. The third kappa shape index (κ3) is 4.10. The summed E-state index contributed by atoms with van der Waals surface area (Å²) in [7, 11) is 3.32. The number of methoxy groups -OCH3 is 2. The minimum atomic E-state index is 0.324. The summed E-state index contributed by atoms with van der Waals surface area (Å²) in [6.45, 7) is 2.76. The van der Waals surface area contributed by atoms with Gasteiger partial charge in [-0.2, -0.15) is 5.26 Å². The summed E-state index contributed by atoms with van der Waals surface area (Å²) in [4.78, 5) is 2.34. The lowest BCUT2D eigenvalue weighted by molar-refractivity contribution is 0.394. The van der Waals surface area contributed by atoms with Gasteiger partial charge in [0.25, 0.3) is 0 Å². The lowest BCUT2D eigenvalue weighted by Crippen LogP contribution is -2.22. The van der Waals surface area contributed by atoms with Gasteiger partial charge in [-0.1, -0.05) is 0 Å². The minimum absolute atomic E-state index is 0.324. The van der Waals surface area contributed by atoms with Crippen LogP contribution in [0.4, 0.5) is 11.5 Å². The Kier molecular flexibility index (Phi) is 5.19. The number of nitrogens with zero attached hydrogens (tertiary/aromatic N) is 4. The largest absolute Gasteiger partial charge is 0.497 e. The normalized spacial score (nSPS) is 16.4. The Bertz CT molecular complexity index is 735. The van der Waals surface area contributed by atoms with E-state index in [-0.39, 0.29) is 0 Å². The molecule has 0 saturated carbocycles. The van der Waals surface area contributed by atoms with E-state index in [1.54, 1.807) is 26.4 Å². The van der Waals surface area contributed by atoms with E-state index < -0.39 is 0 Å². The molecule has 2 aromatic rings. The second kappa shape index (κ2) is 7.71. The average molecular weight is 339 g/mol. The Morgan fingerprint density at radius 2 is 1.96 bits per heavy atom. The maximum atomic E-state index is 8.75. The molecular formula is C18H21N5O2. The van der Waals surface area contributed by atoms with Crippen LogP contribution >= 0.6 is 0 Å². The van der Waals surface area contributed by atoms with Crippen molar-refractivity contribution in [1.29, 1.82) is 5.26 Å². The average Bonchev–Trinajstić information content (AvgIpc) is 3.15. The lowest BCUT2D eigenvalue weighted by atomic mass is 10.1. The van der Waals surface area contributed by atoms with Crippen LogP contribution in [0.15, 0.2) is 30.3 Å². The van der Waals surface area contributed by atoms with Crippen LogP contribution in [-0.2, 0) is 0 Å². The summed E-state index contributed by atoms with van der Waals surface area (Å²) in [5, 5.41) is 19.9. The van der Waals surface area contributed by atoms with E-state index in [0.717, 1.165) is 43.2 Å². The SMILES string of the molecule is COc1cc(OC)cc(N2CCC(CNc3ccc(C#N)nn3)C2)c1. The summed E-state index contributed by atoms with van der Waals surface area (Å²) in [5.41, 5.74) is 1.43. The molecule has 7 heteroatoms. The molecule has 0 aliphatic carbocycles. The summed E-state index contributed by atoms with van der Waals surface area (Å²) in [6, 6.07) is 11.4. The molecular weight excluding hydrogens is 318 g/mol. The lowest BCUT2D eigenvalue weighted by Gasteiger charge is -2.20. The van der Waals surface area contributed by atoms with Crippen molar-refractivity contribution < 1.29 is 9.47 Å². The van der Waals surface area contributed by atoms with Crippen LogP contribution in [0.1, 0.15) is 12.1 Å². The second-order valence-electron chi connectivity index (χ2n) is 5.97. The summed E-state index contributed by atoms with van der Waals surface area (Å²) >= 11 is 0. The van der Waals surface area contributed by atoms with Crippen LogP contribution in [0.5, 0.6) is 11.5 Å². The molecule has 1 aliphatic rings. The van der Waals surface area contributed by atoms with Crippen LogP contribution in [-0.4, -0.2) is 44.1 Å². The van der Waals surface area contributed by atoms with Gasteiger partial charge in [0.2, 0.25) is 0 Å². The molecule has 0 amide bonds. The molecule has 1 N–H and O–H groups in total. The van der Waals surface area contributed by atoms with Gasteiger partial charge in [-0.05, 0) is 24.5 Å². The number of rotatable bonds is 6. The first-order chi connectivity index (χ1) is 12.2. The number of hydrogen-bond donors (Lipinski definition) is 1. The van der Waals surface area contributed by atoms with Gasteiger partial charge in [-0.25, -0.2) is 0 Å². The molecule has 1 aromatic carbocycles. The first-order valence-corrected chi connectivity index (χ1v) is 8.17. The van der Waals surface area contributed by atoms with Crippen molar-refractivity contribution in [2.75, 3.05) is 44.1 Å². The fraction of sp³-hybridized carbons (Fsp3) is 0.389. The van der Waals surface area contributed by atoms with Crippen LogP contribution in [0.3, 0.4) is 0 Å². The predicted molar refractivity (Wildman–Crippen MR) is 95.1 cm³/mol. The number of hydrogen-bond acceptors (Lipinski definition) is 7. The van der Waals surface area contributed by atoms with Crippen molar-refractivity contribution in [2.45, 2.75) is 6.42 Å². The van der Waals surface area contributed by atoms with Gasteiger partial charge in [-0.15, -0.1) is 10.2 Å². The molecule has 1 aliphatic heterocycles. The highest BCUT2D eigenvalue weighted by Gasteiger charge is 2.23. The summed E-state index contributed by atoms with van der Waals surface area (Å²) < 4.78 is 10.7. The van der Waals surface area contributed by atoms with Crippen LogP contribution < -0.4 is 19.7 Å². The van der Waals surface area contributed by atoms with Crippen molar-refractivity contribution in [2.24, 2.45) is 5.92 Å². The number of nitrogens with one attached hydrogen (secondary N) is 1. The zero-order valence-corrected chi connectivity index (χ0v) is 14.4. The van der Waals surface area contributed by atoms with Crippen LogP contribution in [0, 0.1) is 17.2 Å². The van der Waals surface area contributed by atoms with E-state index >= 15 is 0 Å². The molecule has 0 radical (unpaired) electrons. The van der Waals surface area contributed by atoms with Crippen molar-refractivity contribution in [3.8, 4) is 17.6 Å². The van der Waals surface area contributed by atoms with E-state index in [0.29, 0.717) is 17.4 Å². The minimum Gasteiger partial charge on any atom is -0.497 e. The maximum absolute atomic E-state index is 8.75. The molecule has 0 bridgehead atoms. The van der Waals surface area contributed by atoms with Crippen molar-refractivity contribution in [3.05, 3.63) is 36.0 Å². The molecule has 7 nitrogen and oxygen atoms in total. The van der Waals surface area contributed by atoms with Gasteiger partial charge < -0.3 is 19.7 Å². The smallest absolute Gasteiger partial charge is 0.163 e. The molecule has 3 rings (SSSR count). The molecule has 25 heavy (non-hydrogen) atoms. The highest BCUT2D eigenvalue weighted by molar-refractivity contribution is 5.56. The monoisotopic (exact) mass is 339 g/mol. The van der Waals surface area contributed by atoms with E-state index in [2.05, 4.69) is 20.4 Å². The van der Waals surface area contributed by atoms with E-state index in [9.17, 15) is 0 Å². The Morgan fingerprint density at radius 1 is 1.20 bits per heavy atom. The highest BCUT2D eigenvalue weighted by atomic mass is 16.5. The number of ether oxygens (including phenoxy) is 2. The zero-order chi connectivity index (χ0) is 17.6. The topological polar surface area (TPSA) is 83.3 Å². The van der Waals surface area contributed by atoms with Crippen LogP contribution in [0.2, 0.25) is 0 Å². The summed E-state index contributed by atoms with van der Waals surface area (Å²) in [6.07, 6.45) is 1.09. The quantitative estimate of drug-likeness (QED) is 0.864. The maximum Gasteiger partial charge on any atom is 0.163 e. The molecule has 1 aromatic heterocycles. The van der Waals surface area contributed by atoms with Crippen molar-refractivity contribution >= 4 is 11.5 Å². The number of aromatic nitrogens is 2. The van der Waals surface area contributed by atoms with Crippen molar-refractivity contribution in [1.82, 2.24) is 10.2 Å². The third-order valence-corrected chi connectivity index (χ3v) is 4.34. The van der Waals surface area contributed by atoms with Crippen LogP contribution in [0.25, 0.3) is 0 Å². The highest BCUT2D eigenvalue weighted by Crippen LogP contribution is 2.31. The number of anilines is 2. The molecule has 2 heterocycles. The fourth-order valence-corrected chi connectivity index (χ4v) is 2.94. The molecule has 0 spiro atoms.